The molecule has 0 heterocycles. The molecular formula is C22H21ClN2O4S. The fourth-order valence-corrected chi connectivity index (χ4v) is 4.09. The third kappa shape index (κ3) is 4.75. The zero-order valence-electron chi connectivity index (χ0n) is 16.7. The number of carbonyl (C=O) groups excluding carboxylic acids is 1. The number of anilines is 2. The molecular weight excluding hydrogens is 424 g/mol. The van der Waals surface area contributed by atoms with E-state index in [4.69, 9.17) is 16.3 Å². The average Bonchev–Trinajstić information content (AvgIpc) is 2.72. The highest BCUT2D eigenvalue weighted by molar-refractivity contribution is 7.92. The molecule has 3 rings (SSSR count). The molecule has 8 heteroatoms. The molecule has 0 aliphatic heterocycles. The van der Waals surface area contributed by atoms with Crippen LogP contribution in [0.1, 0.15) is 21.5 Å². The van der Waals surface area contributed by atoms with Gasteiger partial charge in [0.2, 0.25) is 0 Å². The molecule has 0 radical (unpaired) electrons. The molecule has 0 spiro atoms. The van der Waals surface area contributed by atoms with Gasteiger partial charge in [-0.2, -0.15) is 0 Å². The first-order valence-corrected chi connectivity index (χ1v) is 10.9. The summed E-state index contributed by atoms with van der Waals surface area (Å²) >= 11 is 6.09. The van der Waals surface area contributed by atoms with Crippen LogP contribution in [0.4, 0.5) is 11.4 Å². The molecule has 3 aromatic rings. The maximum absolute atomic E-state index is 12.6. The largest absolute Gasteiger partial charge is 0.495 e. The zero-order valence-corrected chi connectivity index (χ0v) is 18.3. The first-order chi connectivity index (χ1) is 14.2. The van der Waals surface area contributed by atoms with Gasteiger partial charge in [-0.25, -0.2) is 8.42 Å². The fourth-order valence-electron chi connectivity index (χ4n) is 2.80. The minimum atomic E-state index is -3.77. The molecule has 0 saturated carbocycles. The van der Waals surface area contributed by atoms with Crippen LogP contribution in [-0.4, -0.2) is 21.4 Å². The van der Waals surface area contributed by atoms with Crippen molar-refractivity contribution in [2.45, 2.75) is 18.7 Å². The molecule has 0 aromatic heterocycles. The Bertz CT molecular complexity index is 1190. The van der Waals surface area contributed by atoms with Gasteiger partial charge in [-0.1, -0.05) is 29.8 Å². The predicted octanol–water partition coefficient (Wildman–Crippen LogP) is 5.02. The van der Waals surface area contributed by atoms with Crippen molar-refractivity contribution >= 4 is 38.9 Å². The van der Waals surface area contributed by atoms with Gasteiger partial charge in [0, 0.05) is 16.7 Å². The van der Waals surface area contributed by atoms with Crippen LogP contribution in [0.15, 0.2) is 65.6 Å². The first kappa shape index (κ1) is 21.7. The van der Waals surface area contributed by atoms with Gasteiger partial charge in [-0.05, 0) is 61.4 Å². The molecule has 3 aromatic carbocycles. The maximum atomic E-state index is 12.6. The second-order valence-corrected chi connectivity index (χ2v) is 8.79. The highest BCUT2D eigenvalue weighted by Gasteiger charge is 2.17. The number of nitrogens with one attached hydrogen (secondary N) is 2. The normalized spacial score (nSPS) is 11.1. The molecule has 0 aliphatic rings. The summed E-state index contributed by atoms with van der Waals surface area (Å²) in [7, 11) is -2.29. The number of rotatable bonds is 6. The van der Waals surface area contributed by atoms with E-state index in [0.29, 0.717) is 27.7 Å². The van der Waals surface area contributed by atoms with Gasteiger partial charge >= 0.3 is 0 Å². The van der Waals surface area contributed by atoms with E-state index in [1.54, 1.807) is 24.3 Å². The van der Waals surface area contributed by atoms with Gasteiger partial charge in [0.05, 0.1) is 23.4 Å². The molecule has 1 amide bonds. The standard InChI is InChI=1S/C22H21ClN2O4S/c1-14-6-4-5-7-19(14)25-30(27,28)17-10-8-16(9-11-17)22(26)24-20-12-15(2)18(23)13-21(20)29-3/h4-13,25H,1-3H3,(H,24,26). The van der Waals surface area contributed by atoms with E-state index < -0.39 is 15.9 Å². The number of para-hydroxylation sites is 1. The van der Waals surface area contributed by atoms with E-state index in [-0.39, 0.29) is 4.90 Å². The van der Waals surface area contributed by atoms with Crippen molar-refractivity contribution in [3.05, 3.63) is 82.4 Å². The predicted molar refractivity (Wildman–Crippen MR) is 119 cm³/mol. The summed E-state index contributed by atoms with van der Waals surface area (Å²) in [5, 5.41) is 3.29. The maximum Gasteiger partial charge on any atom is 0.261 e. The second kappa shape index (κ2) is 8.77. The molecule has 2 N–H and O–H groups in total. The molecule has 156 valence electrons. The average molecular weight is 445 g/mol. The van der Waals surface area contributed by atoms with E-state index >= 15 is 0 Å². The third-order valence-corrected chi connectivity index (χ3v) is 6.33. The first-order valence-electron chi connectivity index (χ1n) is 9.05. The summed E-state index contributed by atoms with van der Waals surface area (Å²) in [6.07, 6.45) is 0. The quantitative estimate of drug-likeness (QED) is 0.559. The van der Waals surface area contributed by atoms with Gasteiger partial charge in [0.15, 0.2) is 0 Å². The Hall–Kier alpha value is -3.03. The lowest BCUT2D eigenvalue weighted by atomic mass is 10.1. The Morgan fingerprint density at radius 2 is 1.60 bits per heavy atom. The summed E-state index contributed by atoms with van der Waals surface area (Å²) in [4.78, 5) is 12.7. The lowest BCUT2D eigenvalue weighted by molar-refractivity contribution is 0.102. The third-order valence-electron chi connectivity index (χ3n) is 4.55. The van der Waals surface area contributed by atoms with Crippen LogP contribution < -0.4 is 14.8 Å². The molecule has 0 fully saturated rings. The van der Waals surface area contributed by atoms with E-state index in [9.17, 15) is 13.2 Å². The summed E-state index contributed by atoms with van der Waals surface area (Å²) < 4.78 is 33.1. The van der Waals surface area contributed by atoms with Gasteiger partial charge in [0.1, 0.15) is 5.75 Å². The topological polar surface area (TPSA) is 84.5 Å². The number of aryl methyl sites for hydroxylation is 2. The van der Waals surface area contributed by atoms with Gasteiger partial charge < -0.3 is 10.1 Å². The molecule has 0 unspecified atom stereocenters. The summed E-state index contributed by atoms with van der Waals surface area (Å²) in [6, 6.07) is 16.1. The van der Waals surface area contributed by atoms with E-state index in [2.05, 4.69) is 10.0 Å². The number of carbonyl (C=O) groups is 1. The van der Waals surface area contributed by atoms with Gasteiger partial charge in [0.25, 0.3) is 15.9 Å². The minimum absolute atomic E-state index is 0.0576. The minimum Gasteiger partial charge on any atom is -0.495 e. The van der Waals surface area contributed by atoms with Crippen LogP contribution in [0.2, 0.25) is 5.02 Å². The summed E-state index contributed by atoms with van der Waals surface area (Å²) in [5.41, 5.74) is 2.88. The summed E-state index contributed by atoms with van der Waals surface area (Å²) in [6.45, 7) is 3.64. The number of hydrogen-bond acceptors (Lipinski definition) is 4. The van der Waals surface area contributed by atoms with E-state index in [1.807, 2.05) is 26.0 Å². The smallest absolute Gasteiger partial charge is 0.261 e. The number of amides is 1. The van der Waals surface area contributed by atoms with Crippen molar-refractivity contribution in [3.8, 4) is 5.75 Å². The molecule has 0 aliphatic carbocycles. The number of halogens is 1. The van der Waals surface area contributed by atoms with Crippen LogP contribution >= 0.6 is 11.6 Å². The van der Waals surface area contributed by atoms with E-state index in [0.717, 1.165) is 11.1 Å². The van der Waals surface area contributed by atoms with Crippen molar-refractivity contribution in [1.29, 1.82) is 0 Å². The van der Waals surface area contributed by atoms with E-state index in [1.165, 1.54) is 31.4 Å². The second-order valence-electron chi connectivity index (χ2n) is 6.70. The highest BCUT2D eigenvalue weighted by Crippen LogP contribution is 2.31. The Morgan fingerprint density at radius 3 is 2.23 bits per heavy atom. The Morgan fingerprint density at radius 1 is 0.933 bits per heavy atom. The molecule has 0 bridgehead atoms. The molecule has 0 atom stereocenters. The monoisotopic (exact) mass is 444 g/mol. The van der Waals surface area contributed by atoms with Gasteiger partial charge in [-0.15, -0.1) is 0 Å². The van der Waals surface area contributed by atoms with Crippen molar-refractivity contribution < 1.29 is 17.9 Å². The lowest BCUT2D eigenvalue weighted by Gasteiger charge is -2.13. The number of hydrogen-bond donors (Lipinski definition) is 2. The SMILES string of the molecule is COc1cc(Cl)c(C)cc1NC(=O)c1ccc(S(=O)(=O)Nc2ccccc2C)cc1. The van der Waals surface area contributed by atoms with Crippen LogP contribution in [0.5, 0.6) is 5.75 Å². The lowest BCUT2D eigenvalue weighted by Crippen LogP contribution is -2.15. The number of benzene rings is 3. The van der Waals surface area contributed by atoms with Crippen LogP contribution in [0, 0.1) is 13.8 Å². The Kier molecular flexibility index (Phi) is 6.34. The Balaban J connectivity index is 1.79. The molecule has 30 heavy (non-hydrogen) atoms. The van der Waals surface area contributed by atoms with Crippen LogP contribution in [0.3, 0.4) is 0 Å². The van der Waals surface area contributed by atoms with Crippen molar-refractivity contribution in [2.75, 3.05) is 17.1 Å². The van der Waals surface area contributed by atoms with Crippen molar-refractivity contribution in [2.24, 2.45) is 0 Å². The van der Waals surface area contributed by atoms with Crippen molar-refractivity contribution in [1.82, 2.24) is 0 Å². The zero-order chi connectivity index (χ0) is 21.9. The number of methoxy groups -OCH3 is 1. The number of ether oxygens (including phenoxy) is 1. The molecule has 6 nitrogen and oxygen atoms in total. The van der Waals surface area contributed by atoms with Crippen LogP contribution in [0.25, 0.3) is 0 Å². The number of sulfonamides is 1. The Labute approximate surface area is 180 Å². The summed E-state index contributed by atoms with van der Waals surface area (Å²) in [5.74, 6) is 0.0337. The fraction of sp³-hybridized carbons (Fsp3) is 0.136. The van der Waals surface area contributed by atoms with Gasteiger partial charge in [-0.3, -0.25) is 9.52 Å². The highest BCUT2D eigenvalue weighted by atomic mass is 35.5. The van der Waals surface area contributed by atoms with Crippen LogP contribution in [-0.2, 0) is 10.0 Å². The van der Waals surface area contributed by atoms with Crippen molar-refractivity contribution in [3.63, 3.8) is 0 Å². The molecule has 0 saturated heterocycles.